The fourth-order valence-corrected chi connectivity index (χ4v) is 4.50. The van der Waals surface area contributed by atoms with Crippen molar-refractivity contribution >= 4 is 33.2 Å². The number of aryl methyl sites for hydroxylation is 1. The fourth-order valence-electron chi connectivity index (χ4n) is 2.75. The van der Waals surface area contributed by atoms with Crippen LogP contribution in [0.5, 0.6) is 0 Å². The van der Waals surface area contributed by atoms with Crippen molar-refractivity contribution in [3.63, 3.8) is 0 Å². The van der Waals surface area contributed by atoms with Crippen LogP contribution in [0.1, 0.15) is 28.8 Å². The maximum Gasteiger partial charge on any atom is 0.257 e. The number of nitrogens with one attached hydrogen (secondary N) is 1. The molecule has 0 spiro atoms. The minimum atomic E-state index is -3.60. The first-order valence-electron chi connectivity index (χ1n) is 8.05. The van der Waals surface area contributed by atoms with Crippen molar-refractivity contribution in [2.24, 2.45) is 0 Å². The van der Waals surface area contributed by atoms with Crippen LogP contribution in [0.15, 0.2) is 47.4 Å². The SMILES string of the molecule is Cc1ccc(NC(=O)c2cc(S(=O)(=O)N3CCCC3)ccc2Cl)cc1. The maximum atomic E-state index is 12.7. The molecule has 132 valence electrons. The summed E-state index contributed by atoms with van der Waals surface area (Å²) in [4.78, 5) is 12.6. The summed E-state index contributed by atoms with van der Waals surface area (Å²) >= 11 is 6.12. The first-order valence-corrected chi connectivity index (χ1v) is 9.87. The van der Waals surface area contributed by atoms with Gasteiger partial charge in [-0.15, -0.1) is 0 Å². The number of rotatable bonds is 4. The van der Waals surface area contributed by atoms with Gasteiger partial charge in [-0.2, -0.15) is 4.31 Å². The highest BCUT2D eigenvalue weighted by Crippen LogP contribution is 2.26. The van der Waals surface area contributed by atoms with Gasteiger partial charge in [-0.25, -0.2) is 8.42 Å². The molecule has 1 aliphatic rings. The Labute approximate surface area is 152 Å². The zero-order valence-corrected chi connectivity index (χ0v) is 15.4. The monoisotopic (exact) mass is 378 g/mol. The summed E-state index contributed by atoms with van der Waals surface area (Å²) in [6, 6.07) is 11.6. The highest BCUT2D eigenvalue weighted by molar-refractivity contribution is 7.89. The van der Waals surface area contributed by atoms with Crippen LogP contribution >= 0.6 is 11.6 Å². The lowest BCUT2D eigenvalue weighted by molar-refractivity contribution is 0.102. The van der Waals surface area contributed by atoms with Crippen LogP contribution in [0.25, 0.3) is 0 Å². The molecular formula is C18H19ClN2O3S. The Hall–Kier alpha value is -1.89. The highest BCUT2D eigenvalue weighted by atomic mass is 35.5. The van der Waals surface area contributed by atoms with Crippen LogP contribution in [0.3, 0.4) is 0 Å². The quantitative estimate of drug-likeness (QED) is 0.882. The Morgan fingerprint density at radius 1 is 1.08 bits per heavy atom. The van der Waals surface area contributed by atoms with E-state index < -0.39 is 15.9 Å². The number of nitrogens with zero attached hydrogens (tertiary/aromatic N) is 1. The lowest BCUT2D eigenvalue weighted by Gasteiger charge is -2.16. The van der Waals surface area contributed by atoms with Crippen LogP contribution in [0.4, 0.5) is 5.69 Å². The van der Waals surface area contributed by atoms with Gasteiger partial charge in [0.15, 0.2) is 0 Å². The first-order chi connectivity index (χ1) is 11.9. The van der Waals surface area contributed by atoms with E-state index in [1.54, 1.807) is 12.1 Å². The van der Waals surface area contributed by atoms with Gasteiger partial charge in [-0.3, -0.25) is 4.79 Å². The molecule has 2 aromatic carbocycles. The second-order valence-electron chi connectivity index (χ2n) is 6.07. The Kier molecular flexibility index (Phi) is 5.13. The molecule has 1 heterocycles. The summed E-state index contributed by atoms with van der Waals surface area (Å²) in [6.07, 6.45) is 1.71. The molecule has 1 saturated heterocycles. The van der Waals surface area contributed by atoms with E-state index in [1.165, 1.54) is 22.5 Å². The van der Waals surface area contributed by atoms with Gasteiger partial charge in [-0.05, 0) is 50.1 Å². The van der Waals surface area contributed by atoms with E-state index in [9.17, 15) is 13.2 Å². The van der Waals surface area contributed by atoms with Crippen LogP contribution in [-0.4, -0.2) is 31.7 Å². The van der Waals surface area contributed by atoms with Gasteiger partial charge in [0, 0.05) is 18.8 Å². The molecule has 0 atom stereocenters. The van der Waals surface area contributed by atoms with Crippen molar-refractivity contribution < 1.29 is 13.2 Å². The van der Waals surface area contributed by atoms with Crippen LogP contribution in [-0.2, 0) is 10.0 Å². The van der Waals surface area contributed by atoms with Crippen LogP contribution < -0.4 is 5.32 Å². The Bertz CT molecular complexity index is 889. The zero-order valence-electron chi connectivity index (χ0n) is 13.8. The third-order valence-electron chi connectivity index (χ3n) is 4.19. The molecule has 1 aliphatic heterocycles. The highest BCUT2D eigenvalue weighted by Gasteiger charge is 2.28. The number of anilines is 1. The summed E-state index contributed by atoms with van der Waals surface area (Å²) < 4.78 is 26.8. The van der Waals surface area contributed by atoms with E-state index in [-0.39, 0.29) is 15.5 Å². The zero-order chi connectivity index (χ0) is 18.0. The third-order valence-corrected chi connectivity index (χ3v) is 6.42. The molecule has 2 aromatic rings. The van der Waals surface area contributed by atoms with Crippen LogP contribution in [0, 0.1) is 6.92 Å². The molecule has 0 bridgehead atoms. The van der Waals surface area contributed by atoms with E-state index in [0.717, 1.165) is 18.4 Å². The lowest BCUT2D eigenvalue weighted by atomic mass is 10.2. The minimum Gasteiger partial charge on any atom is -0.322 e. The molecule has 0 aliphatic carbocycles. The average molecular weight is 379 g/mol. The Morgan fingerprint density at radius 2 is 1.72 bits per heavy atom. The molecule has 3 rings (SSSR count). The predicted molar refractivity (Wildman–Crippen MR) is 98.6 cm³/mol. The molecule has 25 heavy (non-hydrogen) atoms. The summed E-state index contributed by atoms with van der Waals surface area (Å²) in [7, 11) is -3.60. The Morgan fingerprint density at radius 3 is 2.36 bits per heavy atom. The number of sulfonamides is 1. The maximum absolute atomic E-state index is 12.7. The second kappa shape index (κ2) is 7.15. The number of hydrogen-bond acceptors (Lipinski definition) is 3. The Balaban J connectivity index is 1.88. The normalized spacial score (nSPS) is 15.3. The van der Waals surface area contributed by atoms with Crippen molar-refractivity contribution in [2.75, 3.05) is 18.4 Å². The van der Waals surface area contributed by atoms with Gasteiger partial charge in [0.1, 0.15) is 0 Å². The van der Waals surface area contributed by atoms with E-state index >= 15 is 0 Å². The average Bonchev–Trinajstić information content (AvgIpc) is 3.12. The van der Waals surface area contributed by atoms with Crippen molar-refractivity contribution in [3.8, 4) is 0 Å². The molecule has 0 radical (unpaired) electrons. The summed E-state index contributed by atoms with van der Waals surface area (Å²) in [6.45, 7) is 2.97. The number of amides is 1. The van der Waals surface area contributed by atoms with Crippen molar-refractivity contribution in [1.82, 2.24) is 4.31 Å². The number of carbonyl (C=O) groups is 1. The summed E-state index contributed by atoms with van der Waals surface area (Å²) in [5, 5.41) is 2.96. The number of benzene rings is 2. The first kappa shape index (κ1) is 17.9. The van der Waals surface area contributed by atoms with Crippen LogP contribution in [0.2, 0.25) is 5.02 Å². The van der Waals surface area contributed by atoms with E-state index in [4.69, 9.17) is 11.6 Å². The van der Waals surface area contributed by atoms with Gasteiger partial charge in [-0.1, -0.05) is 29.3 Å². The summed E-state index contributed by atoms with van der Waals surface area (Å²) in [5.74, 6) is -0.438. The van der Waals surface area contributed by atoms with Crippen molar-refractivity contribution in [2.45, 2.75) is 24.7 Å². The molecule has 5 nitrogen and oxygen atoms in total. The van der Waals surface area contributed by atoms with Gasteiger partial charge in [0.25, 0.3) is 5.91 Å². The van der Waals surface area contributed by atoms with Crippen molar-refractivity contribution in [3.05, 3.63) is 58.6 Å². The van der Waals surface area contributed by atoms with Gasteiger partial charge in [0.05, 0.1) is 15.5 Å². The van der Waals surface area contributed by atoms with E-state index in [1.807, 2.05) is 19.1 Å². The van der Waals surface area contributed by atoms with E-state index in [2.05, 4.69) is 5.32 Å². The lowest BCUT2D eigenvalue weighted by Crippen LogP contribution is -2.28. The largest absolute Gasteiger partial charge is 0.322 e. The summed E-state index contributed by atoms with van der Waals surface area (Å²) in [5.41, 5.74) is 1.84. The van der Waals surface area contributed by atoms with Gasteiger partial charge >= 0.3 is 0 Å². The van der Waals surface area contributed by atoms with E-state index in [0.29, 0.717) is 18.8 Å². The topological polar surface area (TPSA) is 66.5 Å². The molecule has 7 heteroatoms. The number of halogens is 1. The molecule has 0 aromatic heterocycles. The number of hydrogen-bond donors (Lipinski definition) is 1. The molecule has 1 amide bonds. The smallest absolute Gasteiger partial charge is 0.257 e. The van der Waals surface area contributed by atoms with Gasteiger partial charge in [0.2, 0.25) is 10.0 Å². The predicted octanol–water partition coefficient (Wildman–Crippen LogP) is 3.69. The van der Waals surface area contributed by atoms with Gasteiger partial charge < -0.3 is 5.32 Å². The fraction of sp³-hybridized carbons (Fsp3) is 0.278. The minimum absolute atomic E-state index is 0.0906. The molecular weight excluding hydrogens is 360 g/mol. The molecule has 0 unspecified atom stereocenters. The third kappa shape index (κ3) is 3.86. The molecule has 0 saturated carbocycles. The second-order valence-corrected chi connectivity index (χ2v) is 8.42. The molecule has 1 N–H and O–H groups in total. The standard InChI is InChI=1S/C18H19ClN2O3S/c1-13-4-6-14(7-5-13)20-18(22)16-12-15(8-9-17(16)19)25(23,24)21-10-2-3-11-21/h4-9,12H,2-3,10-11H2,1H3,(H,20,22). The number of carbonyl (C=O) groups excluding carboxylic acids is 1. The van der Waals surface area contributed by atoms with Crippen molar-refractivity contribution in [1.29, 1.82) is 0 Å². The molecule has 1 fully saturated rings.